The highest BCUT2D eigenvalue weighted by Crippen LogP contribution is 2.36. The van der Waals surface area contributed by atoms with Gasteiger partial charge in [-0.1, -0.05) is 18.2 Å². The highest BCUT2D eigenvalue weighted by molar-refractivity contribution is 8.15. The summed E-state index contributed by atoms with van der Waals surface area (Å²) >= 11 is 7.58. The lowest BCUT2D eigenvalue weighted by Crippen LogP contribution is -2.27. The van der Waals surface area contributed by atoms with Gasteiger partial charge in [0.15, 0.2) is 5.12 Å². The van der Waals surface area contributed by atoms with Crippen molar-refractivity contribution in [1.82, 2.24) is 0 Å². The normalized spacial score (nSPS) is 32.6. The van der Waals surface area contributed by atoms with Crippen molar-refractivity contribution >= 4 is 57.9 Å². The Morgan fingerprint density at radius 1 is 1.05 bits per heavy atom. The standard InChI is InChI=1S/C16H26O2S4/c1-11(17)12-4-3-5-13(6-12)16(18)22-10-15-9-20-14(7-19-2)8-21-15/h12-15H,3-10H2,1-2H3. The van der Waals surface area contributed by atoms with Crippen LogP contribution in [0, 0.1) is 11.8 Å². The van der Waals surface area contributed by atoms with Gasteiger partial charge in [-0.15, -0.1) is 0 Å². The quantitative estimate of drug-likeness (QED) is 0.688. The highest BCUT2D eigenvalue weighted by atomic mass is 32.2. The van der Waals surface area contributed by atoms with E-state index < -0.39 is 0 Å². The van der Waals surface area contributed by atoms with E-state index in [0.29, 0.717) is 10.4 Å². The molecule has 0 N–H and O–H groups in total. The lowest BCUT2D eigenvalue weighted by atomic mass is 9.80. The molecule has 2 nitrogen and oxygen atoms in total. The molecule has 0 spiro atoms. The molecule has 0 bridgehead atoms. The molecule has 4 unspecified atom stereocenters. The van der Waals surface area contributed by atoms with Gasteiger partial charge in [-0.25, -0.2) is 0 Å². The molecule has 0 amide bonds. The zero-order valence-electron chi connectivity index (χ0n) is 13.4. The Labute approximate surface area is 151 Å². The number of Topliss-reactive ketones (excluding diaryl/α,β-unsaturated/α-hetero) is 1. The molecule has 0 aromatic carbocycles. The molecule has 2 fully saturated rings. The molecule has 1 aliphatic carbocycles. The summed E-state index contributed by atoms with van der Waals surface area (Å²) in [6, 6.07) is 0. The van der Waals surface area contributed by atoms with Crippen LogP contribution in [0.25, 0.3) is 0 Å². The van der Waals surface area contributed by atoms with Gasteiger partial charge >= 0.3 is 0 Å². The third-order valence-corrected chi connectivity index (χ3v) is 9.95. The van der Waals surface area contributed by atoms with Crippen molar-refractivity contribution < 1.29 is 9.59 Å². The summed E-state index contributed by atoms with van der Waals surface area (Å²) in [6.45, 7) is 1.67. The van der Waals surface area contributed by atoms with E-state index in [9.17, 15) is 9.59 Å². The monoisotopic (exact) mass is 378 g/mol. The van der Waals surface area contributed by atoms with Gasteiger partial charge in [0.05, 0.1) is 0 Å². The van der Waals surface area contributed by atoms with Gasteiger partial charge in [-0.05, 0) is 32.4 Å². The van der Waals surface area contributed by atoms with Gasteiger partial charge in [0.25, 0.3) is 0 Å². The summed E-state index contributed by atoms with van der Waals surface area (Å²) in [7, 11) is 0. The summed E-state index contributed by atoms with van der Waals surface area (Å²) in [4.78, 5) is 23.9. The molecule has 126 valence electrons. The second kappa shape index (κ2) is 9.90. The lowest BCUT2D eigenvalue weighted by Gasteiger charge is -2.28. The van der Waals surface area contributed by atoms with E-state index in [-0.39, 0.29) is 17.6 Å². The first-order chi connectivity index (χ1) is 10.6. The maximum absolute atomic E-state index is 12.4. The fourth-order valence-corrected chi connectivity index (χ4v) is 8.57. The molecule has 1 heterocycles. The maximum Gasteiger partial charge on any atom is 0.192 e. The fourth-order valence-electron chi connectivity index (χ4n) is 3.03. The average Bonchev–Trinajstić information content (AvgIpc) is 2.54. The Morgan fingerprint density at radius 2 is 1.68 bits per heavy atom. The Bertz CT molecular complexity index is 380. The number of hydrogen-bond donors (Lipinski definition) is 0. The predicted molar refractivity (Wildman–Crippen MR) is 104 cm³/mol. The van der Waals surface area contributed by atoms with E-state index in [4.69, 9.17) is 0 Å². The van der Waals surface area contributed by atoms with Crippen molar-refractivity contribution in [3.8, 4) is 0 Å². The number of rotatable bonds is 6. The Balaban J connectivity index is 1.68. The number of carbonyl (C=O) groups is 2. The van der Waals surface area contributed by atoms with E-state index in [2.05, 4.69) is 18.0 Å². The number of thioether (sulfide) groups is 4. The molecule has 1 aliphatic heterocycles. The Morgan fingerprint density at radius 3 is 2.27 bits per heavy atom. The minimum atomic E-state index is 0.123. The van der Waals surface area contributed by atoms with Gasteiger partial charge in [-0.2, -0.15) is 35.3 Å². The van der Waals surface area contributed by atoms with Crippen molar-refractivity contribution in [1.29, 1.82) is 0 Å². The number of ketones is 1. The average molecular weight is 379 g/mol. The molecular weight excluding hydrogens is 352 g/mol. The molecule has 1 saturated carbocycles. The van der Waals surface area contributed by atoms with Crippen molar-refractivity contribution in [2.24, 2.45) is 11.8 Å². The van der Waals surface area contributed by atoms with Crippen LogP contribution < -0.4 is 0 Å². The Hall–Kier alpha value is 0.740. The molecule has 0 aromatic heterocycles. The zero-order chi connectivity index (χ0) is 15.9. The molecule has 6 heteroatoms. The third-order valence-electron chi connectivity index (χ3n) is 4.38. The van der Waals surface area contributed by atoms with Crippen molar-refractivity contribution in [2.45, 2.75) is 43.1 Å². The molecule has 0 aromatic rings. The molecule has 1 saturated heterocycles. The Kier molecular flexibility index (Phi) is 8.58. The minimum absolute atomic E-state index is 0.123. The third kappa shape index (κ3) is 5.99. The summed E-state index contributed by atoms with van der Waals surface area (Å²) in [5, 5.41) is 1.73. The summed E-state index contributed by atoms with van der Waals surface area (Å²) < 4.78 is 0. The van der Waals surface area contributed by atoms with Gasteiger partial charge in [0.2, 0.25) is 0 Å². The maximum atomic E-state index is 12.4. The van der Waals surface area contributed by atoms with Crippen LogP contribution in [0.3, 0.4) is 0 Å². The van der Waals surface area contributed by atoms with Crippen LogP contribution in [0.4, 0.5) is 0 Å². The van der Waals surface area contributed by atoms with E-state index in [1.165, 1.54) is 29.0 Å². The van der Waals surface area contributed by atoms with Crippen LogP contribution in [-0.4, -0.2) is 50.7 Å². The molecule has 0 radical (unpaired) electrons. The first-order valence-electron chi connectivity index (χ1n) is 7.99. The van der Waals surface area contributed by atoms with E-state index >= 15 is 0 Å². The van der Waals surface area contributed by atoms with Crippen LogP contribution in [0.15, 0.2) is 0 Å². The predicted octanol–water partition coefficient (Wildman–Crippen LogP) is 4.22. The molecule has 2 rings (SSSR count). The summed E-state index contributed by atoms with van der Waals surface area (Å²) in [5.41, 5.74) is 0. The van der Waals surface area contributed by atoms with E-state index in [1.807, 2.05) is 23.5 Å². The van der Waals surface area contributed by atoms with Gasteiger partial charge < -0.3 is 0 Å². The molecular formula is C16H26O2S4. The van der Waals surface area contributed by atoms with Crippen molar-refractivity contribution in [2.75, 3.05) is 29.3 Å². The van der Waals surface area contributed by atoms with E-state index in [0.717, 1.165) is 36.7 Å². The van der Waals surface area contributed by atoms with Gasteiger partial charge in [0, 0.05) is 45.3 Å². The smallest absolute Gasteiger partial charge is 0.192 e. The summed E-state index contributed by atoms with van der Waals surface area (Å²) in [6.07, 6.45) is 5.97. The SMILES string of the molecule is CSCC1CSC(CSC(=O)C2CCCC(C(C)=O)C2)CS1. The van der Waals surface area contributed by atoms with E-state index in [1.54, 1.807) is 6.92 Å². The van der Waals surface area contributed by atoms with Crippen LogP contribution in [-0.2, 0) is 9.59 Å². The van der Waals surface area contributed by atoms with Crippen LogP contribution in [0.2, 0.25) is 0 Å². The van der Waals surface area contributed by atoms with Crippen LogP contribution >= 0.6 is 47.0 Å². The lowest BCUT2D eigenvalue weighted by molar-refractivity contribution is -0.123. The first kappa shape index (κ1) is 19.1. The topological polar surface area (TPSA) is 34.1 Å². The number of hydrogen-bond acceptors (Lipinski definition) is 6. The van der Waals surface area contributed by atoms with Gasteiger partial charge in [-0.3, -0.25) is 9.59 Å². The van der Waals surface area contributed by atoms with Crippen molar-refractivity contribution in [3.05, 3.63) is 0 Å². The molecule has 4 atom stereocenters. The summed E-state index contributed by atoms with van der Waals surface area (Å²) in [5.74, 6) is 5.11. The molecule has 2 aliphatic rings. The van der Waals surface area contributed by atoms with Crippen LogP contribution in [0.5, 0.6) is 0 Å². The highest BCUT2D eigenvalue weighted by Gasteiger charge is 2.30. The van der Waals surface area contributed by atoms with Gasteiger partial charge in [0.1, 0.15) is 5.78 Å². The zero-order valence-corrected chi connectivity index (χ0v) is 16.7. The largest absolute Gasteiger partial charge is 0.300 e. The molecule has 22 heavy (non-hydrogen) atoms. The first-order valence-corrected chi connectivity index (χ1v) is 12.5. The second-order valence-corrected chi connectivity index (χ2v) is 10.8. The number of carbonyl (C=O) groups excluding carboxylic acids is 2. The van der Waals surface area contributed by atoms with Crippen LogP contribution in [0.1, 0.15) is 32.6 Å². The minimum Gasteiger partial charge on any atom is -0.300 e. The fraction of sp³-hybridized carbons (Fsp3) is 0.875. The second-order valence-electron chi connectivity index (χ2n) is 6.17. The van der Waals surface area contributed by atoms with Crippen molar-refractivity contribution in [3.63, 3.8) is 0 Å².